The molecule has 1 atom stereocenters. The minimum Gasteiger partial charge on any atom is -0.326 e. The molecule has 1 aliphatic heterocycles. The maximum atomic E-state index is 12.9. The Bertz CT molecular complexity index is 602. The minimum absolute atomic E-state index is 0.0638. The lowest BCUT2D eigenvalue weighted by molar-refractivity contribution is -0.137. The highest BCUT2D eigenvalue weighted by Crippen LogP contribution is 2.32. The summed E-state index contributed by atoms with van der Waals surface area (Å²) in [5, 5.41) is 13.9. The first kappa shape index (κ1) is 17.9. The second-order valence-corrected chi connectivity index (χ2v) is 7.39. The van der Waals surface area contributed by atoms with E-state index in [0.29, 0.717) is 12.6 Å². The normalized spacial score (nSPS) is 23.8. The minimum atomic E-state index is -0.605. The Hall–Kier alpha value is -1.94. The molecule has 1 saturated heterocycles. The quantitative estimate of drug-likeness (QED) is 0.814. The maximum Gasteiger partial charge on any atom is 0.237 e. The predicted octanol–water partition coefficient (Wildman–Crippen LogP) is 1.82. The number of hydrogen-bond acceptors (Lipinski definition) is 5. The second kappa shape index (κ2) is 7.96. The summed E-state index contributed by atoms with van der Waals surface area (Å²) in [5.41, 5.74) is -0.605. The number of nitrogens with zero attached hydrogens (tertiary/aromatic N) is 6. The van der Waals surface area contributed by atoms with Crippen molar-refractivity contribution in [2.24, 2.45) is 0 Å². The summed E-state index contributed by atoms with van der Waals surface area (Å²) in [5.74, 6) is 0.0638. The van der Waals surface area contributed by atoms with E-state index in [9.17, 15) is 10.1 Å². The van der Waals surface area contributed by atoms with Crippen molar-refractivity contribution in [3.05, 3.63) is 12.7 Å². The van der Waals surface area contributed by atoms with Crippen LogP contribution < -0.4 is 0 Å². The molecule has 0 spiro atoms. The van der Waals surface area contributed by atoms with Crippen LogP contribution in [0.15, 0.2) is 12.7 Å². The summed E-state index contributed by atoms with van der Waals surface area (Å²) in [6.45, 7) is 2.08. The fourth-order valence-electron chi connectivity index (χ4n) is 4.20. The average molecular weight is 344 g/mol. The second-order valence-electron chi connectivity index (χ2n) is 7.39. The van der Waals surface area contributed by atoms with Gasteiger partial charge in [0.05, 0.1) is 19.2 Å². The standard InChI is InChI=1S/C18H28N6O/c1-22(18(13-19)8-4-2-5-9-18)17(25)12-23-10-6-3-7-16(23)11-24-15-20-14-21-24/h14-16H,2-12H2,1H3/t16-/m1/s1. The van der Waals surface area contributed by atoms with Crippen molar-refractivity contribution in [1.29, 1.82) is 5.26 Å². The molecule has 2 fully saturated rings. The molecular weight excluding hydrogens is 316 g/mol. The van der Waals surface area contributed by atoms with Crippen LogP contribution in [0.1, 0.15) is 51.4 Å². The highest BCUT2D eigenvalue weighted by Gasteiger charge is 2.39. The molecule has 136 valence electrons. The van der Waals surface area contributed by atoms with E-state index in [2.05, 4.69) is 21.1 Å². The number of nitriles is 1. The van der Waals surface area contributed by atoms with E-state index < -0.39 is 5.54 Å². The van der Waals surface area contributed by atoms with Gasteiger partial charge in [0, 0.05) is 13.1 Å². The maximum absolute atomic E-state index is 12.9. The Morgan fingerprint density at radius 2 is 2.12 bits per heavy atom. The SMILES string of the molecule is CN(C(=O)CN1CCCC[C@@H]1Cn1cncn1)C1(C#N)CCCCC1. The lowest BCUT2D eigenvalue weighted by Crippen LogP contribution is -2.54. The first-order valence-corrected chi connectivity index (χ1v) is 9.39. The Balaban J connectivity index is 1.64. The molecule has 1 saturated carbocycles. The predicted molar refractivity (Wildman–Crippen MR) is 93.4 cm³/mol. The van der Waals surface area contributed by atoms with Gasteiger partial charge >= 0.3 is 0 Å². The van der Waals surface area contributed by atoms with E-state index in [1.807, 2.05) is 11.7 Å². The van der Waals surface area contributed by atoms with Gasteiger partial charge in [0.15, 0.2) is 0 Å². The lowest BCUT2D eigenvalue weighted by Gasteiger charge is -2.41. The molecule has 2 aliphatic rings. The molecule has 2 heterocycles. The van der Waals surface area contributed by atoms with Crippen molar-refractivity contribution in [3.8, 4) is 6.07 Å². The van der Waals surface area contributed by atoms with Crippen LogP contribution in [0.4, 0.5) is 0 Å². The van der Waals surface area contributed by atoms with Gasteiger partial charge in [-0.2, -0.15) is 10.4 Å². The van der Waals surface area contributed by atoms with E-state index in [0.717, 1.165) is 58.0 Å². The van der Waals surface area contributed by atoms with E-state index >= 15 is 0 Å². The lowest BCUT2D eigenvalue weighted by atomic mass is 9.81. The fourth-order valence-corrected chi connectivity index (χ4v) is 4.20. The summed E-state index contributed by atoms with van der Waals surface area (Å²) >= 11 is 0. The van der Waals surface area contributed by atoms with Crippen molar-refractivity contribution in [1.82, 2.24) is 24.6 Å². The molecule has 0 N–H and O–H groups in total. The molecule has 7 nitrogen and oxygen atoms in total. The number of aromatic nitrogens is 3. The van der Waals surface area contributed by atoms with Crippen molar-refractivity contribution in [2.75, 3.05) is 20.1 Å². The molecule has 0 radical (unpaired) electrons. The average Bonchev–Trinajstić information content (AvgIpc) is 3.16. The first-order valence-electron chi connectivity index (χ1n) is 9.39. The zero-order chi connectivity index (χ0) is 17.7. The number of amides is 1. The Morgan fingerprint density at radius 1 is 1.32 bits per heavy atom. The molecule has 3 rings (SSSR count). The number of carbonyl (C=O) groups excluding carboxylic acids is 1. The van der Waals surface area contributed by atoms with Crippen LogP contribution in [-0.4, -0.2) is 62.2 Å². The summed E-state index contributed by atoms with van der Waals surface area (Å²) in [7, 11) is 1.81. The molecule has 1 aromatic heterocycles. The molecule has 0 bridgehead atoms. The topological polar surface area (TPSA) is 78.1 Å². The summed E-state index contributed by atoms with van der Waals surface area (Å²) < 4.78 is 1.84. The van der Waals surface area contributed by atoms with Crippen LogP contribution in [0.5, 0.6) is 0 Å². The van der Waals surface area contributed by atoms with E-state index in [-0.39, 0.29) is 5.91 Å². The molecule has 0 aromatic carbocycles. The zero-order valence-electron chi connectivity index (χ0n) is 15.1. The number of carbonyl (C=O) groups is 1. The number of likely N-dealkylation sites (tertiary alicyclic amines) is 1. The number of piperidine rings is 1. The van der Waals surface area contributed by atoms with Crippen LogP contribution in [0.2, 0.25) is 0 Å². The molecular formula is C18H28N6O. The van der Waals surface area contributed by atoms with E-state index in [4.69, 9.17) is 0 Å². The van der Waals surface area contributed by atoms with Gasteiger partial charge in [0.1, 0.15) is 18.2 Å². The molecule has 1 aromatic rings. The van der Waals surface area contributed by atoms with Crippen LogP contribution in [0, 0.1) is 11.3 Å². The van der Waals surface area contributed by atoms with Gasteiger partial charge in [-0.05, 0) is 32.2 Å². The third-order valence-corrected chi connectivity index (χ3v) is 5.86. The summed E-state index contributed by atoms with van der Waals surface area (Å²) in [6.07, 6.45) is 11.5. The Labute approximate surface area is 149 Å². The number of hydrogen-bond donors (Lipinski definition) is 0. The van der Waals surface area contributed by atoms with Gasteiger partial charge in [-0.3, -0.25) is 14.4 Å². The van der Waals surface area contributed by atoms with Gasteiger partial charge in [-0.25, -0.2) is 4.98 Å². The molecule has 25 heavy (non-hydrogen) atoms. The Kier molecular flexibility index (Phi) is 5.69. The van der Waals surface area contributed by atoms with Crippen molar-refractivity contribution >= 4 is 5.91 Å². The number of likely N-dealkylation sites (N-methyl/N-ethyl adjacent to an activating group) is 1. The molecule has 1 aliphatic carbocycles. The van der Waals surface area contributed by atoms with Gasteiger partial charge in [0.25, 0.3) is 0 Å². The van der Waals surface area contributed by atoms with Crippen LogP contribution in [0.25, 0.3) is 0 Å². The van der Waals surface area contributed by atoms with Gasteiger partial charge in [0.2, 0.25) is 5.91 Å². The highest BCUT2D eigenvalue weighted by molar-refractivity contribution is 5.79. The van der Waals surface area contributed by atoms with Crippen LogP contribution >= 0.6 is 0 Å². The third kappa shape index (κ3) is 4.01. The van der Waals surface area contributed by atoms with Crippen LogP contribution in [-0.2, 0) is 11.3 Å². The van der Waals surface area contributed by atoms with Crippen LogP contribution in [0.3, 0.4) is 0 Å². The van der Waals surface area contributed by atoms with Crippen molar-refractivity contribution in [2.45, 2.75) is 69.5 Å². The Morgan fingerprint density at radius 3 is 2.80 bits per heavy atom. The summed E-state index contributed by atoms with van der Waals surface area (Å²) in [6, 6.07) is 2.75. The van der Waals surface area contributed by atoms with Gasteiger partial charge < -0.3 is 4.90 Å². The van der Waals surface area contributed by atoms with E-state index in [1.165, 1.54) is 6.42 Å². The van der Waals surface area contributed by atoms with Gasteiger partial charge in [-0.15, -0.1) is 0 Å². The smallest absolute Gasteiger partial charge is 0.237 e. The summed E-state index contributed by atoms with van der Waals surface area (Å²) in [4.78, 5) is 20.9. The fraction of sp³-hybridized carbons (Fsp3) is 0.778. The molecule has 0 unspecified atom stereocenters. The first-order chi connectivity index (χ1) is 12.1. The molecule has 7 heteroatoms. The molecule has 1 amide bonds. The van der Waals surface area contributed by atoms with Gasteiger partial charge in [-0.1, -0.05) is 25.7 Å². The third-order valence-electron chi connectivity index (χ3n) is 5.86. The van der Waals surface area contributed by atoms with Crippen molar-refractivity contribution in [3.63, 3.8) is 0 Å². The van der Waals surface area contributed by atoms with Crippen molar-refractivity contribution < 1.29 is 4.79 Å². The highest BCUT2D eigenvalue weighted by atomic mass is 16.2. The zero-order valence-corrected chi connectivity index (χ0v) is 15.1. The largest absolute Gasteiger partial charge is 0.326 e. The number of rotatable bonds is 5. The monoisotopic (exact) mass is 344 g/mol. The van der Waals surface area contributed by atoms with E-state index in [1.54, 1.807) is 17.6 Å².